The first-order chi connectivity index (χ1) is 14.2. The summed E-state index contributed by atoms with van der Waals surface area (Å²) in [4.78, 5) is 7.70. The highest BCUT2D eigenvalue weighted by atomic mass is 79.9. The maximum atomic E-state index is 5.65. The molecule has 4 rings (SSSR count). The molecule has 0 spiro atoms. The Kier molecular flexibility index (Phi) is 6.51. The van der Waals surface area contributed by atoms with E-state index < -0.39 is 8.24 Å². The van der Waals surface area contributed by atoms with E-state index >= 15 is 0 Å². The second-order valence-electron chi connectivity index (χ2n) is 10.8. The van der Waals surface area contributed by atoms with Crippen molar-refractivity contribution in [2.75, 3.05) is 26.3 Å². The maximum absolute atomic E-state index is 5.65. The molecular formula is C24H38BrN3OSi. The Morgan fingerprint density at radius 3 is 2.53 bits per heavy atom. The van der Waals surface area contributed by atoms with Gasteiger partial charge in [-0.3, -0.25) is 4.90 Å². The number of hydrogen-bond acceptors (Lipinski definition) is 3. The number of pyridine rings is 1. The van der Waals surface area contributed by atoms with Crippen LogP contribution < -0.4 is 0 Å². The Bertz CT molecular complexity index is 872. The van der Waals surface area contributed by atoms with Crippen LogP contribution in [0.2, 0.25) is 18.1 Å². The molecule has 6 heteroatoms. The van der Waals surface area contributed by atoms with Gasteiger partial charge in [-0.05, 0) is 70.6 Å². The Balaban J connectivity index is 1.52. The highest BCUT2D eigenvalue weighted by Gasteiger charge is 2.39. The molecule has 2 fully saturated rings. The molecular weight excluding hydrogens is 454 g/mol. The molecule has 2 aliphatic rings. The van der Waals surface area contributed by atoms with E-state index in [0.29, 0.717) is 5.92 Å². The van der Waals surface area contributed by atoms with E-state index in [-0.39, 0.29) is 5.04 Å². The Morgan fingerprint density at radius 2 is 1.83 bits per heavy atom. The van der Waals surface area contributed by atoms with Gasteiger partial charge in [-0.15, -0.1) is 0 Å². The summed E-state index contributed by atoms with van der Waals surface area (Å²) in [6.07, 6.45) is 10.8. The van der Waals surface area contributed by atoms with Gasteiger partial charge >= 0.3 is 0 Å². The van der Waals surface area contributed by atoms with Gasteiger partial charge < -0.3 is 8.97 Å². The van der Waals surface area contributed by atoms with Crippen LogP contribution in [0.3, 0.4) is 0 Å². The van der Waals surface area contributed by atoms with Crippen molar-refractivity contribution in [3.8, 4) is 0 Å². The summed E-state index contributed by atoms with van der Waals surface area (Å²) in [5, 5.41) is 1.55. The second kappa shape index (κ2) is 8.68. The first-order valence-corrected chi connectivity index (χ1v) is 15.4. The van der Waals surface area contributed by atoms with Crippen molar-refractivity contribution in [2.24, 2.45) is 0 Å². The molecule has 1 aliphatic heterocycles. The third-order valence-electron chi connectivity index (χ3n) is 7.99. The smallest absolute Gasteiger partial charge is 0.163 e. The lowest BCUT2D eigenvalue weighted by molar-refractivity contribution is 0.118. The minimum Gasteiger partial charge on any atom is -0.380 e. The van der Waals surface area contributed by atoms with E-state index in [2.05, 4.69) is 77.4 Å². The van der Waals surface area contributed by atoms with Gasteiger partial charge in [0.15, 0.2) is 8.24 Å². The highest BCUT2D eigenvalue weighted by molar-refractivity contribution is 9.10. The topological polar surface area (TPSA) is 30.3 Å². The van der Waals surface area contributed by atoms with E-state index in [0.717, 1.165) is 31.4 Å². The molecule has 2 aromatic heterocycles. The van der Waals surface area contributed by atoms with Gasteiger partial charge in [0.05, 0.1) is 6.61 Å². The fourth-order valence-corrected chi connectivity index (χ4v) is 7.57. The van der Waals surface area contributed by atoms with Gasteiger partial charge in [0.1, 0.15) is 5.65 Å². The van der Waals surface area contributed by atoms with Crippen LogP contribution in [0.5, 0.6) is 0 Å². The Morgan fingerprint density at radius 1 is 1.10 bits per heavy atom. The molecule has 0 aromatic carbocycles. The lowest BCUT2D eigenvalue weighted by Crippen LogP contribution is -2.45. The van der Waals surface area contributed by atoms with Gasteiger partial charge in [-0.2, -0.15) is 0 Å². The molecule has 3 heterocycles. The predicted molar refractivity (Wildman–Crippen MR) is 132 cm³/mol. The molecule has 4 nitrogen and oxygen atoms in total. The van der Waals surface area contributed by atoms with Crippen molar-refractivity contribution >= 4 is 35.2 Å². The van der Waals surface area contributed by atoms with Crippen molar-refractivity contribution in [3.63, 3.8) is 0 Å². The number of aromatic nitrogens is 2. The first-order valence-electron chi connectivity index (χ1n) is 11.7. The van der Waals surface area contributed by atoms with Crippen molar-refractivity contribution < 1.29 is 4.74 Å². The SMILES string of the molecule is CC(C)(C)[Si](C)(C)n1cc(Br)c2cc(C3CCC(N4CCCOCC4)CC3)cnc21. The van der Waals surface area contributed by atoms with Gasteiger partial charge in [0, 0.05) is 48.0 Å². The minimum atomic E-state index is -1.71. The standard InChI is InChI=1S/C24H38BrN3OSi/c1-24(2,3)30(4,5)28-17-22(25)21-15-19(16-26-23(21)28)18-7-9-20(10-8-18)27-11-6-13-29-14-12-27/h15-18,20H,6-14H2,1-5H3. The summed E-state index contributed by atoms with van der Waals surface area (Å²) >= 11 is 3.85. The fraction of sp³-hybridized carbons (Fsp3) is 0.708. The van der Waals surface area contributed by atoms with Crippen molar-refractivity contribution in [1.82, 2.24) is 14.1 Å². The Labute approximate surface area is 191 Å². The summed E-state index contributed by atoms with van der Waals surface area (Å²) < 4.78 is 9.34. The van der Waals surface area contributed by atoms with Gasteiger partial charge in [0.2, 0.25) is 0 Å². The molecule has 1 saturated heterocycles. The number of fused-ring (bicyclic) bond motifs is 1. The van der Waals surface area contributed by atoms with Crippen LogP contribution >= 0.6 is 15.9 Å². The zero-order valence-electron chi connectivity index (χ0n) is 19.4. The molecule has 1 saturated carbocycles. The highest BCUT2D eigenvalue weighted by Crippen LogP contribution is 2.41. The molecule has 0 unspecified atom stereocenters. The number of hydrogen-bond donors (Lipinski definition) is 0. The van der Waals surface area contributed by atoms with Crippen LogP contribution in [0.4, 0.5) is 0 Å². The van der Waals surface area contributed by atoms with E-state index in [1.165, 1.54) is 54.1 Å². The third kappa shape index (κ3) is 4.30. The van der Waals surface area contributed by atoms with Gasteiger partial charge in [-0.1, -0.05) is 33.9 Å². The molecule has 1 aliphatic carbocycles. The van der Waals surface area contributed by atoms with Crippen molar-refractivity contribution in [1.29, 1.82) is 0 Å². The molecule has 0 radical (unpaired) electrons. The maximum Gasteiger partial charge on any atom is 0.163 e. The van der Waals surface area contributed by atoms with Crippen LogP contribution in [-0.2, 0) is 4.74 Å². The average Bonchev–Trinajstić information content (AvgIpc) is 2.88. The lowest BCUT2D eigenvalue weighted by atomic mass is 9.81. The largest absolute Gasteiger partial charge is 0.380 e. The van der Waals surface area contributed by atoms with E-state index in [1.807, 2.05) is 0 Å². The summed E-state index contributed by atoms with van der Waals surface area (Å²) in [7, 11) is -1.71. The Hall–Kier alpha value is -0.693. The molecule has 0 amide bonds. The van der Waals surface area contributed by atoms with Crippen LogP contribution in [0.25, 0.3) is 11.0 Å². The monoisotopic (exact) mass is 491 g/mol. The summed E-state index contributed by atoms with van der Waals surface area (Å²) in [6, 6.07) is 3.16. The lowest BCUT2D eigenvalue weighted by Gasteiger charge is -2.38. The third-order valence-corrected chi connectivity index (χ3v) is 13.8. The van der Waals surface area contributed by atoms with Crippen LogP contribution in [0.1, 0.15) is 64.4 Å². The van der Waals surface area contributed by atoms with Crippen molar-refractivity contribution in [2.45, 2.75) is 83.0 Å². The molecule has 2 aromatic rings. The van der Waals surface area contributed by atoms with E-state index in [4.69, 9.17) is 9.72 Å². The normalized spacial score (nSPS) is 24.9. The van der Waals surface area contributed by atoms with Crippen LogP contribution in [-0.4, -0.2) is 54.7 Å². The summed E-state index contributed by atoms with van der Waals surface area (Å²) in [5.41, 5.74) is 2.57. The van der Waals surface area contributed by atoms with E-state index in [1.54, 1.807) is 0 Å². The second-order valence-corrected chi connectivity index (χ2v) is 16.8. The summed E-state index contributed by atoms with van der Waals surface area (Å²) in [5.74, 6) is 0.643. The number of nitrogens with zero attached hydrogens (tertiary/aromatic N) is 3. The average molecular weight is 493 g/mol. The first kappa shape index (κ1) is 22.5. The number of ether oxygens (including phenoxy) is 1. The predicted octanol–water partition coefficient (Wildman–Crippen LogP) is 6.40. The molecule has 30 heavy (non-hydrogen) atoms. The van der Waals surface area contributed by atoms with E-state index in [9.17, 15) is 0 Å². The number of rotatable bonds is 3. The molecule has 0 bridgehead atoms. The van der Waals surface area contributed by atoms with Gasteiger partial charge in [-0.25, -0.2) is 4.98 Å². The molecule has 0 N–H and O–H groups in total. The fourth-order valence-electron chi connectivity index (χ4n) is 5.00. The molecule has 166 valence electrons. The zero-order valence-corrected chi connectivity index (χ0v) is 22.0. The summed E-state index contributed by atoms with van der Waals surface area (Å²) in [6.45, 7) is 16.1. The van der Waals surface area contributed by atoms with Crippen LogP contribution in [0, 0.1) is 0 Å². The van der Waals surface area contributed by atoms with Gasteiger partial charge in [0.25, 0.3) is 0 Å². The quantitative estimate of drug-likeness (QED) is 0.465. The van der Waals surface area contributed by atoms with Crippen molar-refractivity contribution in [3.05, 3.63) is 28.5 Å². The molecule has 0 atom stereocenters. The minimum absolute atomic E-state index is 0.273. The van der Waals surface area contributed by atoms with Crippen LogP contribution in [0.15, 0.2) is 22.9 Å². The zero-order chi connectivity index (χ0) is 21.5. The number of halogens is 1.